The van der Waals surface area contributed by atoms with Gasteiger partial charge in [0, 0.05) is 46.8 Å². The molecule has 0 aromatic heterocycles. The number of para-hydroxylation sites is 1. The van der Waals surface area contributed by atoms with E-state index in [2.05, 4.69) is 131 Å². The van der Waals surface area contributed by atoms with Gasteiger partial charge in [-0.25, -0.2) is 0 Å². The first-order valence-electron chi connectivity index (χ1n) is 19.3. The van der Waals surface area contributed by atoms with Gasteiger partial charge in [0.1, 0.15) is 0 Å². The zero-order valence-corrected chi connectivity index (χ0v) is 28.4. The number of allylic oxidation sites excluding steroid dienone is 12. The summed E-state index contributed by atoms with van der Waals surface area (Å²) in [5.41, 5.74) is 15.8. The van der Waals surface area contributed by atoms with E-state index in [4.69, 9.17) is 0 Å². The third-order valence-corrected chi connectivity index (χ3v) is 13.7. The van der Waals surface area contributed by atoms with Gasteiger partial charge in [0.25, 0.3) is 0 Å². The highest BCUT2D eigenvalue weighted by molar-refractivity contribution is 5.65. The first-order valence-corrected chi connectivity index (χ1v) is 19.3. The van der Waals surface area contributed by atoms with Crippen LogP contribution in [0.5, 0.6) is 0 Å². The van der Waals surface area contributed by atoms with Crippen molar-refractivity contribution in [3.05, 3.63) is 166 Å². The van der Waals surface area contributed by atoms with Crippen LogP contribution in [0.4, 0.5) is 11.4 Å². The van der Waals surface area contributed by atoms with Gasteiger partial charge in [-0.05, 0) is 110 Å². The van der Waals surface area contributed by atoms with Gasteiger partial charge in [0.05, 0.1) is 12.1 Å². The molecule has 8 atom stereocenters. The molecular weight excluding hydrogens is 593 g/mol. The molecule has 0 radical (unpaired) electrons. The molecule has 7 aliphatic carbocycles. The fourth-order valence-corrected chi connectivity index (χ4v) is 11.3. The Morgan fingerprint density at radius 2 is 1.59 bits per heavy atom. The molecule has 0 spiro atoms. The summed E-state index contributed by atoms with van der Waals surface area (Å²) in [6.45, 7) is 0. The second-order valence-electron chi connectivity index (χ2n) is 16.1. The van der Waals surface area contributed by atoms with Crippen molar-refractivity contribution in [2.24, 2.45) is 23.7 Å². The van der Waals surface area contributed by atoms with Crippen molar-refractivity contribution in [2.75, 3.05) is 9.80 Å². The van der Waals surface area contributed by atoms with Crippen LogP contribution >= 0.6 is 0 Å². The largest absolute Gasteiger partial charge is 0.361 e. The van der Waals surface area contributed by atoms with E-state index in [1.807, 2.05) is 0 Å². The van der Waals surface area contributed by atoms with Crippen molar-refractivity contribution in [1.29, 1.82) is 0 Å². The molecule has 2 aliphatic heterocycles. The molecule has 0 N–H and O–H groups in total. The van der Waals surface area contributed by atoms with Crippen LogP contribution < -0.4 is 9.80 Å². The van der Waals surface area contributed by atoms with Crippen LogP contribution in [0.2, 0.25) is 0 Å². The number of nitrogens with zero attached hydrogens (tertiary/aromatic N) is 2. The van der Waals surface area contributed by atoms with Crippen molar-refractivity contribution >= 4 is 11.4 Å². The molecule has 2 nitrogen and oxygen atoms in total. The van der Waals surface area contributed by atoms with Crippen LogP contribution in [-0.4, -0.2) is 18.1 Å². The van der Waals surface area contributed by atoms with Gasteiger partial charge in [-0.15, -0.1) is 0 Å². The average Bonchev–Trinajstić information content (AvgIpc) is 3.79. The molecule has 11 rings (SSSR count). The van der Waals surface area contributed by atoms with Gasteiger partial charge >= 0.3 is 0 Å². The van der Waals surface area contributed by atoms with Gasteiger partial charge in [-0.1, -0.05) is 114 Å². The Hall–Kier alpha value is -4.30. The highest BCUT2D eigenvalue weighted by Gasteiger charge is 2.53. The van der Waals surface area contributed by atoms with E-state index < -0.39 is 0 Å². The zero-order valence-electron chi connectivity index (χ0n) is 28.4. The lowest BCUT2D eigenvalue weighted by atomic mass is 9.74. The molecule has 0 saturated carbocycles. The molecule has 1 saturated heterocycles. The van der Waals surface area contributed by atoms with E-state index in [-0.39, 0.29) is 0 Å². The fraction of sp³-hybridized carbons (Fsp3) is 0.362. The summed E-state index contributed by atoms with van der Waals surface area (Å²) < 4.78 is 0. The molecule has 2 heterocycles. The van der Waals surface area contributed by atoms with Crippen molar-refractivity contribution in [3.63, 3.8) is 0 Å². The maximum atomic E-state index is 2.79. The zero-order chi connectivity index (χ0) is 32.1. The van der Waals surface area contributed by atoms with E-state index in [0.717, 1.165) is 6.42 Å². The van der Waals surface area contributed by atoms with Crippen LogP contribution in [0.15, 0.2) is 161 Å². The number of benzene rings is 2. The summed E-state index contributed by atoms with van der Waals surface area (Å²) in [5.74, 6) is 2.81. The monoisotopic (exact) mass is 638 g/mol. The lowest BCUT2D eigenvalue weighted by Crippen LogP contribution is -2.38. The minimum atomic E-state index is 0.369. The van der Waals surface area contributed by atoms with Crippen molar-refractivity contribution < 1.29 is 0 Å². The third kappa shape index (κ3) is 4.52. The lowest BCUT2D eigenvalue weighted by molar-refractivity contribution is 0.428. The van der Waals surface area contributed by atoms with Crippen molar-refractivity contribution in [1.82, 2.24) is 0 Å². The van der Waals surface area contributed by atoms with Gasteiger partial charge in [-0.2, -0.15) is 0 Å². The third-order valence-electron chi connectivity index (χ3n) is 13.7. The molecule has 7 unspecified atom stereocenters. The first kappa shape index (κ1) is 28.5. The standard InChI is InChI=1S/C47H46N2/c1-2-10-37(11-3-1)48-44-24-19-34(27-42(44)47-41-28-36(41)20-25-45(47)48)35-18-23-40-39-12-6-7-13-43(39)49(46(40)29-35)38-21-16-31(17-22-38)33-15-14-30-8-4-5-9-32(30)26-33/h1-3,5-7,9-13,16-18,20-23,25,27,33,35,39,42-45,47H,4,8,14-15,19,24,26,28-29H2/t33?,35?,39?,42?,43-,44?,45?,47?/m1/s1. The van der Waals surface area contributed by atoms with Crippen LogP contribution in [-0.2, 0) is 0 Å². The summed E-state index contributed by atoms with van der Waals surface area (Å²) >= 11 is 0. The molecular formula is C47H46N2. The fourth-order valence-electron chi connectivity index (χ4n) is 11.3. The number of hydrogen-bond acceptors (Lipinski definition) is 2. The average molecular weight is 639 g/mol. The molecule has 0 bridgehead atoms. The van der Waals surface area contributed by atoms with E-state index in [1.165, 1.54) is 73.9 Å². The summed E-state index contributed by atoms with van der Waals surface area (Å²) in [6.07, 6.45) is 38.2. The Morgan fingerprint density at radius 3 is 2.51 bits per heavy atom. The smallest absolute Gasteiger partial charge is 0.0626 e. The van der Waals surface area contributed by atoms with Crippen LogP contribution in [0.3, 0.4) is 0 Å². The van der Waals surface area contributed by atoms with E-state index in [9.17, 15) is 0 Å². The normalized spacial score (nSPS) is 34.8. The second kappa shape index (κ2) is 11.1. The molecule has 0 amide bonds. The number of anilines is 2. The number of hydrogen-bond donors (Lipinski definition) is 0. The summed E-state index contributed by atoms with van der Waals surface area (Å²) in [4.78, 5) is 5.51. The van der Waals surface area contributed by atoms with Crippen molar-refractivity contribution in [2.45, 2.75) is 81.8 Å². The quantitative estimate of drug-likeness (QED) is 0.308. The Balaban J connectivity index is 0.884. The topological polar surface area (TPSA) is 6.48 Å². The first-order chi connectivity index (χ1) is 24.3. The number of rotatable bonds is 4. The minimum absolute atomic E-state index is 0.369. The maximum absolute atomic E-state index is 2.79. The highest BCUT2D eigenvalue weighted by Crippen LogP contribution is 2.57. The lowest BCUT2D eigenvalue weighted by Gasteiger charge is -2.37. The van der Waals surface area contributed by atoms with Crippen LogP contribution in [0.1, 0.15) is 69.3 Å². The van der Waals surface area contributed by atoms with Gasteiger partial charge in [0.2, 0.25) is 0 Å². The van der Waals surface area contributed by atoms with E-state index >= 15 is 0 Å². The molecule has 244 valence electrons. The summed E-state index contributed by atoms with van der Waals surface area (Å²) in [5, 5.41) is 0. The van der Waals surface area contributed by atoms with Crippen LogP contribution in [0, 0.1) is 23.7 Å². The second-order valence-corrected chi connectivity index (χ2v) is 16.1. The maximum Gasteiger partial charge on any atom is 0.0626 e. The van der Waals surface area contributed by atoms with Crippen molar-refractivity contribution in [3.8, 4) is 0 Å². The summed E-state index contributed by atoms with van der Waals surface area (Å²) in [6, 6.07) is 22.5. The summed E-state index contributed by atoms with van der Waals surface area (Å²) in [7, 11) is 0. The Labute approximate surface area is 292 Å². The molecule has 2 aromatic carbocycles. The molecule has 9 aliphatic rings. The SMILES string of the molecule is C1=CC2C3=C(CC(C4=CC5C6C7=C(C=CC6N(c6ccccc6)C5CC4)C7)C=C3)N(c3ccc(C4CCC5=C(C=CCC5)C4)cc3)[C@@H]2C=C1. The van der Waals surface area contributed by atoms with E-state index in [0.29, 0.717) is 47.7 Å². The molecule has 2 heteroatoms. The molecule has 49 heavy (non-hydrogen) atoms. The molecule has 2 aromatic rings. The number of fused-ring (bicyclic) bond motifs is 6. The minimum Gasteiger partial charge on any atom is -0.361 e. The predicted octanol–water partition coefficient (Wildman–Crippen LogP) is 10.8. The molecule has 1 fully saturated rings. The van der Waals surface area contributed by atoms with Gasteiger partial charge in [-0.3, -0.25) is 0 Å². The Morgan fingerprint density at radius 1 is 0.694 bits per heavy atom. The van der Waals surface area contributed by atoms with Crippen LogP contribution in [0.25, 0.3) is 0 Å². The van der Waals surface area contributed by atoms with Gasteiger partial charge in [0.15, 0.2) is 0 Å². The predicted molar refractivity (Wildman–Crippen MR) is 202 cm³/mol. The van der Waals surface area contributed by atoms with E-state index in [1.54, 1.807) is 33.6 Å². The Kier molecular flexibility index (Phi) is 6.47. The highest BCUT2D eigenvalue weighted by atomic mass is 15.2. The Bertz CT molecular complexity index is 1990. The van der Waals surface area contributed by atoms with Gasteiger partial charge < -0.3 is 9.80 Å².